The molecule has 4 heteroatoms. The van der Waals surface area contributed by atoms with Gasteiger partial charge < -0.3 is 10.6 Å². The highest BCUT2D eigenvalue weighted by atomic mass is 15.1. The molecule has 0 atom stereocenters. The number of para-hydroxylation sites is 1. The number of aromatic nitrogens is 2. The minimum Gasteiger partial charge on any atom is -0.354 e. The van der Waals surface area contributed by atoms with E-state index in [1.54, 1.807) is 6.20 Å². The highest BCUT2D eigenvalue weighted by molar-refractivity contribution is 5.61. The molecule has 0 aliphatic carbocycles. The number of nitrogens with zero attached hydrogens (tertiary/aromatic N) is 2. The number of benzene rings is 2. The molecule has 3 rings (SSSR count). The number of rotatable bonds is 7. The second-order valence-corrected chi connectivity index (χ2v) is 6.29. The quantitative estimate of drug-likeness (QED) is 0.639. The zero-order valence-electron chi connectivity index (χ0n) is 14.7. The minimum atomic E-state index is 0.453. The zero-order chi connectivity index (χ0) is 17.5. The van der Waals surface area contributed by atoms with Crippen molar-refractivity contribution >= 4 is 17.5 Å². The van der Waals surface area contributed by atoms with Crippen LogP contribution in [-0.4, -0.2) is 16.5 Å². The summed E-state index contributed by atoms with van der Waals surface area (Å²) in [6.07, 6.45) is 2.72. The van der Waals surface area contributed by atoms with Crippen molar-refractivity contribution in [3.05, 3.63) is 78.0 Å². The predicted molar refractivity (Wildman–Crippen MR) is 104 cm³/mol. The molecule has 128 valence electrons. The fraction of sp³-hybridized carbons (Fsp3) is 0.238. The maximum Gasteiger partial charge on any atom is 0.224 e. The highest BCUT2D eigenvalue weighted by Gasteiger charge is 2.07. The molecule has 0 saturated heterocycles. The van der Waals surface area contributed by atoms with Gasteiger partial charge in [0.2, 0.25) is 5.95 Å². The second-order valence-electron chi connectivity index (χ2n) is 6.29. The van der Waals surface area contributed by atoms with Gasteiger partial charge in [0, 0.05) is 18.4 Å². The summed E-state index contributed by atoms with van der Waals surface area (Å²) in [6, 6.07) is 20.6. The summed E-state index contributed by atoms with van der Waals surface area (Å²) in [6.45, 7) is 5.18. The molecule has 0 saturated carbocycles. The Kier molecular flexibility index (Phi) is 5.62. The van der Waals surface area contributed by atoms with E-state index >= 15 is 0 Å². The van der Waals surface area contributed by atoms with Gasteiger partial charge in [-0.2, -0.15) is 4.98 Å². The summed E-state index contributed by atoms with van der Waals surface area (Å²) in [5.74, 6) is 1.89. The summed E-state index contributed by atoms with van der Waals surface area (Å²) in [5.41, 5.74) is 3.67. The van der Waals surface area contributed by atoms with Gasteiger partial charge in [-0.15, -0.1) is 0 Å². The molecule has 2 N–H and O–H groups in total. The third-order valence-corrected chi connectivity index (χ3v) is 4.04. The van der Waals surface area contributed by atoms with Crippen LogP contribution in [0, 0.1) is 0 Å². The van der Waals surface area contributed by atoms with E-state index in [0.717, 1.165) is 24.5 Å². The Bertz CT molecular complexity index is 800. The van der Waals surface area contributed by atoms with Gasteiger partial charge in [0.25, 0.3) is 0 Å². The van der Waals surface area contributed by atoms with Crippen LogP contribution in [0.4, 0.5) is 17.5 Å². The standard InChI is InChI=1S/C21H24N4/c1-16(2)18-10-6-7-11-19(18)24-20-13-15-23-21(25-20)22-14-12-17-8-4-3-5-9-17/h3-11,13,15-16H,12,14H2,1-2H3,(H2,22,23,24,25). The van der Waals surface area contributed by atoms with Crippen LogP contribution in [0.25, 0.3) is 0 Å². The first kappa shape index (κ1) is 17.0. The van der Waals surface area contributed by atoms with Crippen molar-refractivity contribution in [3.8, 4) is 0 Å². The average molecular weight is 332 g/mol. The fourth-order valence-corrected chi connectivity index (χ4v) is 2.73. The summed E-state index contributed by atoms with van der Waals surface area (Å²) >= 11 is 0. The first-order valence-corrected chi connectivity index (χ1v) is 8.69. The van der Waals surface area contributed by atoms with E-state index in [0.29, 0.717) is 11.9 Å². The molecule has 1 aromatic heterocycles. The van der Waals surface area contributed by atoms with Gasteiger partial charge in [-0.05, 0) is 35.6 Å². The van der Waals surface area contributed by atoms with Crippen LogP contribution in [0.2, 0.25) is 0 Å². The molecule has 0 fully saturated rings. The van der Waals surface area contributed by atoms with Crippen molar-refractivity contribution in [3.63, 3.8) is 0 Å². The Morgan fingerprint density at radius 2 is 1.68 bits per heavy atom. The molecule has 3 aromatic rings. The van der Waals surface area contributed by atoms with Crippen molar-refractivity contribution in [1.29, 1.82) is 0 Å². The Morgan fingerprint density at radius 1 is 0.920 bits per heavy atom. The summed E-state index contributed by atoms with van der Waals surface area (Å²) in [4.78, 5) is 8.87. The SMILES string of the molecule is CC(C)c1ccccc1Nc1ccnc(NCCc2ccccc2)n1. The topological polar surface area (TPSA) is 49.8 Å². The summed E-state index contributed by atoms with van der Waals surface area (Å²) in [7, 11) is 0. The van der Waals surface area contributed by atoms with Crippen LogP contribution in [0.3, 0.4) is 0 Å². The molecule has 1 heterocycles. The maximum atomic E-state index is 4.57. The van der Waals surface area contributed by atoms with E-state index in [9.17, 15) is 0 Å². The lowest BCUT2D eigenvalue weighted by atomic mass is 10.0. The number of anilines is 3. The van der Waals surface area contributed by atoms with Gasteiger partial charge in [0.15, 0.2) is 0 Å². The minimum absolute atomic E-state index is 0.453. The third kappa shape index (κ3) is 4.80. The van der Waals surface area contributed by atoms with Gasteiger partial charge in [0.05, 0.1) is 0 Å². The zero-order valence-corrected chi connectivity index (χ0v) is 14.7. The van der Waals surface area contributed by atoms with Crippen LogP contribution in [0.15, 0.2) is 66.9 Å². The molecule has 0 bridgehead atoms. The van der Waals surface area contributed by atoms with Crippen molar-refractivity contribution in [1.82, 2.24) is 9.97 Å². The van der Waals surface area contributed by atoms with E-state index in [4.69, 9.17) is 0 Å². The Morgan fingerprint density at radius 3 is 2.48 bits per heavy atom. The summed E-state index contributed by atoms with van der Waals surface area (Å²) in [5, 5.41) is 6.71. The second kappa shape index (κ2) is 8.29. The predicted octanol–water partition coefficient (Wildman–Crippen LogP) is 5.00. The third-order valence-electron chi connectivity index (χ3n) is 4.04. The van der Waals surface area contributed by atoms with Gasteiger partial charge in [-0.25, -0.2) is 4.98 Å². The monoisotopic (exact) mass is 332 g/mol. The first-order valence-electron chi connectivity index (χ1n) is 8.69. The van der Waals surface area contributed by atoms with Crippen LogP contribution in [0.1, 0.15) is 30.9 Å². The van der Waals surface area contributed by atoms with E-state index in [1.807, 2.05) is 18.2 Å². The van der Waals surface area contributed by atoms with Crippen LogP contribution in [-0.2, 0) is 6.42 Å². The average Bonchev–Trinajstić information content (AvgIpc) is 2.63. The Balaban J connectivity index is 1.64. The van der Waals surface area contributed by atoms with Crippen molar-refractivity contribution in [2.45, 2.75) is 26.2 Å². The van der Waals surface area contributed by atoms with Crippen molar-refractivity contribution in [2.24, 2.45) is 0 Å². The molecule has 0 spiro atoms. The molecular formula is C21H24N4. The lowest BCUT2D eigenvalue weighted by Gasteiger charge is -2.14. The molecule has 0 unspecified atom stereocenters. The largest absolute Gasteiger partial charge is 0.354 e. The molecular weight excluding hydrogens is 308 g/mol. The highest BCUT2D eigenvalue weighted by Crippen LogP contribution is 2.26. The fourth-order valence-electron chi connectivity index (χ4n) is 2.73. The van der Waals surface area contributed by atoms with Crippen LogP contribution in [0.5, 0.6) is 0 Å². The first-order chi connectivity index (χ1) is 12.2. The van der Waals surface area contributed by atoms with Crippen LogP contribution < -0.4 is 10.6 Å². The van der Waals surface area contributed by atoms with E-state index in [1.165, 1.54) is 11.1 Å². The molecule has 25 heavy (non-hydrogen) atoms. The molecule has 0 amide bonds. The van der Waals surface area contributed by atoms with Crippen LogP contribution >= 0.6 is 0 Å². The number of nitrogens with one attached hydrogen (secondary N) is 2. The number of hydrogen-bond acceptors (Lipinski definition) is 4. The van der Waals surface area contributed by atoms with Gasteiger partial charge in [-0.1, -0.05) is 62.4 Å². The normalized spacial score (nSPS) is 10.7. The lowest BCUT2D eigenvalue weighted by Crippen LogP contribution is -2.09. The smallest absolute Gasteiger partial charge is 0.224 e. The Hall–Kier alpha value is -2.88. The van der Waals surface area contributed by atoms with Gasteiger partial charge in [0.1, 0.15) is 5.82 Å². The maximum absolute atomic E-state index is 4.57. The summed E-state index contributed by atoms with van der Waals surface area (Å²) < 4.78 is 0. The van der Waals surface area contributed by atoms with E-state index < -0.39 is 0 Å². The molecule has 4 nitrogen and oxygen atoms in total. The molecule has 0 radical (unpaired) electrons. The lowest BCUT2D eigenvalue weighted by molar-refractivity contribution is 0.869. The molecule has 0 aliphatic rings. The van der Waals surface area contributed by atoms with E-state index in [2.05, 4.69) is 76.9 Å². The van der Waals surface area contributed by atoms with E-state index in [-0.39, 0.29) is 0 Å². The van der Waals surface area contributed by atoms with Gasteiger partial charge in [-0.3, -0.25) is 0 Å². The molecule has 0 aliphatic heterocycles. The van der Waals surface area contributed by atoms with Crippen molar-refractivity contribution in [2.75, 3.05) is 17.2 Å². The van der Waals surface area contributed by atoms with Crippen molar-refractivity contribution < 1.29 is 0 Å². The molecule has 2 aromatic carbocycles. The van der Waals surface area contributed by atoms with Gasteiger partial charge >= 0.3 is 0 Å². The number of hydrogen-bond donors (Lipinski definition) is 2. The Labute approximate surface area is 149 Å².